The number of nitrogens with zero attached hydrogens (tertiary/aromatic N) is 2. The minimum Gasteiger partial charge on any atom is -0.493 e. The normalized spacial score (nSPS) is 15.8. The Balaban J connectivity index is 1.92. The van der Waals surface area contributed by atoms with Gasteiger partial charge in [0, 0.05) is 17.0 Å². The van der Waals surface area contributed by atoms with Crippen LogP contribution >= 0.6 is 0 Å². The molecule has 0 bridgehead atoms. The number of allylic oxidation sites excluding steroid dienone is 3. The Morgan fingerprint density at radius 1 is 1.17 bits per heavy atom. The average Bonchev–Trinajstić information content (AvgIpc) is 2.75. The van der Waals surface area contributed by atoms with Crippen LogP contribution in [0.1, 0.15) is 57.9 Å². The summed E-state index contributed by atoms with van der Waals surface area (Å²) in [6, 6.07) is 4.26. The van der Waals surface area contributed by atoms with E-state index in [1.165, 1.54) is 18.4 Å². The minimum absolute atomic E-state index is 0.119. The molecule has 0 radical (unpaired) electrons. The van der Waals surface area contributed by atoms with Crippen LogP contribution in [-0.2, 0) is 6.42 Å². The molecule has 0 saturated heterocycles. The maximum atomic E-state index is 6.16. The largest absolute Gasteiger partial charge is 0.493 e. The molecule has 4 nitrogen and oxygen atoms in total. The summed E-state index contributed by atoms with van der Waals surface area (Å²) in [5.41, 5.74) is 3.14. The second-order valence-corrected chi connectivity index (χ2v) is 7.52. The summed E-state index contributed by atoms with van der Waals surface area (Å²) < 4.78 is 6.16. The van der Waals surface area contributed by atoms with E-state index >= 15 is 0 Å². The number of unbranched alkanes of at least 4 members (excludes halogenated alkanes) is 3. The fourth-order valence-electron chi connectivity index (χ4n) is 3.47. The van der Waals surface area contributed by atoms with Crippen LogP contribution in [0.25, 0.3) is 10.9 Å². The zero-order valence-corrected chi connectivity index (χ0v) is 17.6. The summed E-state index contributed by atoms with van der Waals surface area (Å²) in [4.78, 5) is 9.01. The molecule has 1 aliphatic rings. The Morgan fingerprint density at radius 3 is 2.83 bits per heavy atom. The smallest absolute Gasteiger partial charge is 0.141 e. The van der Waals surface area contributed by atoms with E-state index in [1.807, 2.05) is 0 Å². The Labute approximate surface area is 174 Å². The van der Waals surface area contributed by atoms with E-state index in [9.17, 15) is 0 Å². The molecule has 0 spiro atoms. The van der Waals surface area contributed by atoms with Gasteiger partial charge in [0.15, 0.2) is 0 Å². The second-order valence-electron chi connectivity index (χ2n) is 7.52. The molecule has 3 rings (SSSR count). The van der Waals surface area contributed by atoms with Gasteiger partial charge in [-0.2, -0.15) is 0 Å². The van der Waals surface area contributed by atoms with Crippen LogP contribution in [-0.4, -0.2) is 16.6 Å². The zero-order chi connectivity index (χ0) is 20.5. The molecular formula is C25H31N3O. The van der Waals surface area contributed by atoms with E-state index in [4.69, 9.17) is 11.2 Å². The lowest BCUT2D eigenvalue weighted by Crippen LogP contribution is -2.07. The highest BCUT2D eigenvalue weighted by Crippen LogP contribution is 2.31. The molecule has 4 heteroatoms. The second kappa shape index (κ2) is 10.7. The van der Waals surface area contributed by atoms with Crippen LogP contribution in [0.5, 0.6) is 5.75 Å². The lowest BCUT2D eigenvalue weighted by atomic mass is 10.00. The van der Waals surface area contributed by atoms with E-state index in [0.29, 0.717) is 0 Å². The summed E-state index contributed by atoms with van der Waals surface area (Å²) >= 11 is 0. The van der Waals surface area contributed by atoms with Gasteiger partial charge in [-0.05, 0) is 55.5 Å². The number of nitrogens with one attached hydrogen (secondary N) is 1. The van der Waals surface area contributed by atoms with Gasteiger partial charge in [-0.1, -0.05) is 45.1 Å². The maximum Gasteiger partial charge on any atom is 0.141 e. The Kier molecular flexibility index (Phi) is 7.69. The molecule has 152 valence electrons. The molecular weight excluding hydrogens is 358 g/mol. The van der Waals surface area contributed by atoms with Crippen LogP contribution in [0.15, 0.2) is 42.4 Å². The van der Waals surface area contributed by atoms with Crippen molar-refractivity contribution in [2.45, 2.75) is 58.8 Å². The van der Waals surface area contributed by atoms with E-state index in [0.717, 1.165) is 66.9 Å². The molecule has 0 fully saturated rings. The summed E-state index contributed by atoms with van der Waals surface area (Å²) in [5, 5.41) is 4.39. The maximum absolute atomic E-state index is 6.16. The molecule has 1 aromatic carbocycles. The summed E-state index contributed by atoms with van der Waals surface area (Å²) in [7, 11) is 0. The predicted molar refractivity (Wildman–Crippen MR) is 121 cm³/mol. The number of anilines is 1. The van der Waals surface area contributed by atoms with Gasteiger partial charge in [0.25, 0.3) is 0 Å². The summed E-state index contributed by atoms with van der Waals surface area (Å²) in [6.07, 6.45) is 21.1. The van der Waals surface area contributed by atoms with E-state index < -0.39 is 0 Å². The molecule has 1 aromatic heterocycles. The highest BCUT2D eigenvalue weighted by molar-refractivity contribution is 5.91. The number of terminal acetylenes is 1. The lowest BCUT2D eigenvalue weighted by molar-refractivity contribution is 0.306. The SMILES string of the molecule is C#CC1C=C(Nc2ncnc3cc(CCCCC)c(OCCCC)cc23)C=CC1. The lowest BCUT2D eigenvalue weighted by Gasteiger charge is -2.16. The van der Waals surface area contributed by atoms with Crippen molar-refractivity contribution >= 4 is 16.7 Å². The number of aryl methyl sites for hydroxylation is 1. The van der Waals surface area contributed by atoms with Crippen molar-refractivity contribution in [3.05, 3.63) is 47.9 Å². The van der Waals surface area contributed by atoms with Gasteiger partial charge in [-0.3, -0.25) is 0 Å². The molecule has 1 atom stereocenters. The first-order chi connectivity index (χ1) is 14.2. The van der Waals surface area contributed by atoms with Crippen molar-refractivity contribution < 1.29 is 4.74 Å². The number of hydrogen-bond donors (Lipinski definition) is 1. The van der Waals surface area contributed by atoms with Crippen LogP contribution in [0.2, 0.25) is 0 Å². The molecule has 1 N–H and O–H groups in total. The first kappa shape index (κ1) is 20.9. The number of hydrogen-bond acceptors (Lipinski definition) is 4. The number of ether oxygens (including phenoxy) is 1. The first-order valence-corrected chi connectivity index (χ1v) is 10.8. The van der Waals surface area contributed by atoms with Crippen molar-refractivity contribution in [1.29, 1.82) is 0 Å². The van der Waals surface area contributed by atoms with E-state index in [1.54, 1.807) is 6.33 Å². The predicted octanol–water partition coefficient (Wildman–Crippen LogP) is 6.05. The van der Waals surface area contributed by atoms with Gasteiger partial charge in [0.05, 0.1) is 12.1 Å². The van der Waals surface area contributed by atoms with Gasteiger partial charge < -0.3 is 10.1 Å². The van der Waals surface area contributed by atoms with Crippen molar-refractivity contribution in [1.82, 2.24) is 9.97 Å². The van der Waals surface area contributed by atoms with Crippen LogP contribution in [0, 0.1) is 18.3 Å². The highest BCUT2D eigenvalue weighted by atomic mass is 16.5. The van der Waals surface area contributed by atoms with Gasteiger partial charge >= 0.3 is 0 Å². The molecule has 1 heterocycles. The quantitative estimate of drug-likeness (QED) is 0.397. The standard InChI is InChI=1S/C25H31N3O/c1-4-7-9-12-20-16-23-22(17-24(20)29-14-8-5-2)25(27-18-26-23)28-21-13-10-11-19(6-3)15-21/h3,10,13,15-19H,4-5,7-9,11-12,14H2,1-2H3,(H,26,27,28). The fourth-order valence-corrected chi connectivity index (χ4v) is 3.47. The molecule has 1 aliphatic carbocycles. The summed E-state index contributed by atoms with van der Waals surface area (Å²) in [5.74, 6) is 4.66. The molecule has 0 amide bonds. The number of aromatic nitrogens is 2. The third kappa shape index (κ3) is 5.60. The zero-order valence-electron chi connectivity index (χ0n) is 17.6. The molecule has 0 aliphatic heterocycles. The Hall–Kier alpha value is -2.80. The van der Waals surface area contributed by atoms with Crippen molar-refractivity contribution in [2.75, 3.05) is 11.9 Å². The van der Waals surface area contributed by atoms with E-state index in [-0.39, 0.29) is 5.92 Å². The molecule has 29 heavy (non-hydrogen) atoms. The third-order valence-corrected chi connectivity index (χ3v) is 5.17. The fraction of sp³-hybridized carbons (Fsp3) is 0.440. The number of fused-ring (bicyclic) bond motifs is 1. The van der Waals surface area contributed by atoms with Crippen molar-refractivity contribution in [3.8, 4) is 18.1 Å². The van der Waals surface area contributed by atoms with Crippen LogP contribution in [0.3, 0.4) is 0 Å². The monoisotopic (exact) mass is 389 g/mol. The Bertz CT molecular complexity index is 924. The first-order valence-electron chi connectivity index (χ1n) is 10.8. The number of benzene rings is 1. The van der Waals surface area contributed by atoms with Gasteiger partial charge in [0.1, 0.15) is 17.9 Å². The third-order valence-electron chi connectivity index (χ3n) is 5.17. The molecule has 0 saturated carbocycles. The van der Waals surface area contributed by atoms with E-state index in [2.05, 4.69) is 65.4 Å². The Morgan fingerprint density at radius 2 is 2.03 bits per heavy atom. The van der Waals surface area contributed by atoms with Crippen molar-refractivity contribution in [3.63, 3.8) is 0 Å². The van der Waals surface area contributed by atoms with Gasteiger partial charge in [-0.25, -0.2) is 9.97 Å². The van der Waals surface area contributed by atoms with Crippen molar-refractivity contribution in [2.24, 2.45) is 5.92 Å². The number of rotatable bonds is 10. The van der Waals surface area contributed by atoms with Crippen LogP contribution < -0.4 is 10.1 Å². The van der Waals surface area contributed by atoms with Gasteiger partial charge in [0.2, 0.25) is 0 Å². The van der Waals surface area contributed by atoms with Gasteiger partial charge in [-0.15, -0.1) is 6.42 Å². The molecule has 1 unspecified atom stereocenters. The topological polar surface area (TPSA) is 47.0 Å². The highest BCUT2D eigenvalue weighted by Gasteiger charge is 2.13. The summed E-state index contributed by atoms with van der Waals surface area (Å²) in [6.45, 7) is 5.14. The molecule has 2 aromatic rings. The van der Waals surface area contributed by atoms with Crippen LogP contribution in [0.4, 0.5) is 5.82 Å². The average molecular weight is 390 g/mol. The minimum atomic E-state index is 0.119.